The van der Waals surface area contributed by atoms with E-state index in [1.165, 1.54) is 0 Å². The smallest absolute Gasteiger partial charge is 0.273 e. The molecule has 0 radical (unpaired) electrons. The highest BCUT2D eigenvalue weighted by Gasteiger charge is 2.10. The highest BCUT2D eigenvalue weighted by atomic mass is 16.2. The fourth-order valence-electron chi connectivity index (χ4n) is 2.44. The van der Waals surface area contributed by atoms with Crippen LogP contribution in [-0.4, -0.2) is 20.7 Å². The number of amides is 1. The van der Waals surface area contributed by atoms with Gasteiger partial charge in [0.05, 0.1) is 23.0 Å². The van der Waals surface area contributed by atoms with Gasteiger partial charge >= 0.3 is 0 Å². The van der Waals surface area contributed by atoms with Gasteiger partial charge in [0.1, 0.15) is 6.54 Å². The van der Waals surface area contributed by atoms with Crippen LogP contribution in [0.15, 0.2) is 52.1 Å². The third kappa shape index (κ3) is 3.24. The maximum atomic E-state index is 12.3. The van der Waals surface area contributed by atoms with Crippen molar-refractivity contribution in [3.63, 3.8) is 0 Å². The minimum Gasteiger partial charge on any atom is -0.349 e. The van der Waals surface area contributed by atoms with Crippen LogP contribution in [0.1, 0.15) is 11.4 Å². The fraction of sp³-hybridized carbons (Fsp3) is 0.176. The Balaban J connectivity index is 1.77. The number of aryl methyl sites for hydroxylation is 1. The fourth-order valence-corrected chi connectivity index (χ4v) is 2.44. The van der Waals surface area contributed by atoms with Crippen molar-refractivity contribution in [1.29, 1.82) is 0 Å². The van der Waals surface area contributed by atoms with Crippen LogP contribution < -0.4 is 16.4 Å². The molecule has 7 heteroatoms. The Hall–Kier alpha value is -3.22. The maximum absolute atomic E-state index is 12.3. The molecule has 122 valence electrons. The SMILES string of the molecule is Cc1cccc(CNC(=O)Cn2[nH]c(=O)c3ccccc3c2=O)n1. The number of carbonyl (C=O) groups is 1. The molecular formula is C17H16N4O3. The van der Waals surface area contributed by atoms with E-state index in [0.717, 1.165) is 16.1 Å². The lowest BCUT2D eigenvalue weighted by molar-refractivity contribution is -0.122. The van der Waals surface area contributed by atoms with E-state index in [1.54, 1.807) is 30.3 Å². The molecule has 3 rings (SSSR count). The van der Waals surface area contributed by atoms with E-state index in [-0.39, 0.29) is 24.4 Å². The number of fused-ring (bicyclic) bond motifs is 1. The minimum atomic E-state index is -0.408. The number of carbonyl (C=O) groups excluding carboxylic acids is 1. The van der Waals surface area contributed by atoms with Gasteiger partial charge in [-0.15, -0.1) is 0 Å². The molecule has 7 nitrogen and oxygen atoms in total. The van der Waals surface area contributed by atoms with Crippen molar-refractivity contribution in [3.05, 3.63) is 74.6 Å². The summed E-state index contributed by atoms with van der Waals surface area (Å²) in [7, 11) is 0. The summed E-state index contributed by atoms with van der Waals surface area (Å²) in [5.74, 6) is -0.383. The van der Waals surface area contributed by atoms with E-state index in [4.69, 9.17) is 0 Å². The van der Waals surface area contributed by atoms with Gasteiger partial charge in [-0.2, -0.15) is 0 Å². The van der Waals surface area contributed by atoms with Gasteiger partial charge in [-0.3, -0.25) is 24.5 Å². The first-order chi connectivity index (χ1) is 11.5. The number of nitrogens with one attached hydrogen (secondary N) is 2. The van der Waals surface area contributed by atoms with Crippen LogP contribution >= 0.6 is 0 Å². The molecule has 2 N–H and O–H groups in total. The highest BCUT2D eigenvalue weighted by molar-refractivity contribution is 5.81. The Morgan fingerprint density at radius 1 is 1.12 bits per heavy atom. The number of H-pyrrole nitrogens is 1. The predicted molar refractivity (Wildman–Crippen MR) is 89.6 cm³/mol. The van der Waals surface area contributed by atoms with E-state index in [1.807, 2.05) is 19.1 Å². The third-order valence-electron chi connectivity index (χ3n) is 3.60. The molecule has 0 aliphatic rings. The summed E-state index contributed by atoms with van der Waals surface area (Å²) in [5.41, 5.74) is 0.770. The monoisotopic (exact) mass is 324 g/mol. The van der Waals surface area contributed by atoms with Crippen molar-refractivity contribution in [3.8, 4) is 0 Å². The molecule has 3 aromatic rings. The van der Waals surface area contributed by atoms with Crippen LogP contribution in [0.3, 0.4) is 0 Å². The number of rotatable bonds is 4. The molecule has 0 unspecified atom stereocenters. The van der Waals surface area contributed by atoms with Gasteiger partial charge in [-0.1, -0.05) is 18.2 Å². The number of pyridine rings is 1. The summed E-state index contributed by atoms with van der Waals surface area (Å²) in [6.07, 6.45) is 0. The molecule has 24 heavy (non-hydrogen) atoms. The summed E-state index contributed by atoms with van der Waals surface area (Å²) in [5, 5.41) is 5.71. The van der Waals surface area contributed by atoms with E-state index in [9.17, 15) is 14.4 Å². The average molecular weight is 324 g/mol. The largest absolute Gasteiger partial charge is 0.349 e. The highest BCUT2D eigenvalue weighted by Crippen LogP contribution is 2.02. The molecule has 2 aromatic heterocycles. The van der Waals surface area contributed by atoms with Gasteiger partial charge in [0.15, 0.2) is 0 Å². The summed E-state index contributed by atoms with van der Waals surface area (Å²) >= 11 is 0. The van der Waals surface area contributed by atoms with E-state index in [2.05, 4.69) is 15.4 Å². The zero-order chi connectivity index (χ0) is 17.1. The van der Waals surface area contributed by atoms with E-state index < -0.39 is 11.1 Å². The minimum absolute atomic E-state index is 0.257. The van der Waals surface area contributed by atoms with Crippen molar-refractivity contribution < 1.29 is 4.79 Å². The standard InChI is InChI=1S/C17H16N4O3/c1-11-5-4-6-12(19-11)9-18-15(22)10-21-17(24)14-8-3-2-7-13(14)16(23)20-21/h2-8H,9-10H2,1H3,(H,18,22)(H,20,23). The Morgan fingerprint density at radius 2 is 1.88 bits per heavy atom. The van der Waals surface area contributed by atoms with Crippen molar-refractivity contribution in [2.45, 2.75) is 20.0 Å². The van der Waals surface area contributed by atoms with Crippen LogP contribution in [0.5, 0.6) is 0 Å². The number of nitrogens with zero attached hydrogens (tertiary/aromatic N) is 2. The maximum Gasteiger partial charge on any atom is 0.273 e. The van der Waals surface area contributed by atoms with Crippen LogP contribution in [0.2, 0.25) is 0 Å². The predicted octanol–water partition coefficient (Wildman–Crippen LogP) is 0.710. The topological polar surface area (TPSA) is 96.9 Å². The zero-order valence-electron chi connectivity index (χ0n) is 13.1. The normalized spacial score (nSPS) is 10.7. The second-order valence-electron chi connectivity index (χ2n) is 5.42. The lowest BCUT2D eigenvalue weighted by Crippen LogP contribution is -2.36. The van der Waals surface area contributed by atoms with Crippen LogP contribution in [0.25, 0.3) is 10.8 Å². The zero-order valence-corrected chi connectivity index (χ0v) is 13.1. The van der Waals surface area contributed by atoms with Crippen LogP contribution in [0, 0.1) is 6.92 Å². The first-order valence-corrected chi connectivity index (χ1v) is 7.46. The average Bonchev–Trinajstić information content (AvgIpc) is 2.58. The van der Waals surface area contributed by atoms with Gasteiger partial charge in [0, 0.05) is 5.69 Å². The number of hydrogen-bond acceptors (Lipinski definition) is 4. The molecule has 0 bridgehead atoms. The quantitative estimate of drug-likeness (QED) is 0.738. The number of aromatic nitrogens is 3. The summed E-state index contributed by atoms with van der Waals surface area (Å²) in [6.45, 7) is 1.86. The molecule has 0 fully saturated rings. The molecule has 0 saturated carbocycles. The molecule has 1 amide bonds. The Labute approximate surface area is 137 Å². The van der Waals surface area contributed by atoms with E-state index >= 15 is 0 Å². The third-order valence-corrected chi connectivity index (χ3v) is 3.60. The molecule has 0 atom stereocenters. The first kappa shape index (κ1) is 15.7. The van der Waals surface area contributed by atoms with Gasteiger partial charge in [-0.25, -0.2) is 4.68 Å². The summed E-state index contributed by atoms with van der Waals surface area (Å²) in [6, 6.07) is 12.0. The molecule has 0 aliphatic carbocycles. The van der Waals surface area contributed by atoms with Gasteiger partial charge in [0.25, 0.3) is 11.1 Å². The molecular weight excluding hydrogens is 308 g/mol. The molecule has 2 heterocycles. The summed E-state index contributed by atoms with van der Waals surface area (Å²) < 4.78 is 1.02. The first-order valence-electron chi connectivity index (χ1n) is 7.46. The molecule has 1 aromatic carbocycles. The number of hydrogen-bond donors (Lipinski definition) is 2. The number of aromatic amines is 1. The van der Waals surface area contributed by atoms with Crippen molar-refractivity contribution in [2.24, 2.45) is 0 Å². The van der Waals surface area contributed by atoms with Crippen molar-refractivity contribution >= 4 is 16.7 Å². The Bertz CT molecular complexity index is 1020. The van der Waals surface area contributed by atoms with E-state index in [0.29, 0.717) is 5.39 Å². The lowest BCUT2D eigenvalue weighted by Gasteiger charge is -2.08. The van der Waals surface area contributed by atoms with Crippen molar-refractivity contribution in [2.75, 3.05) is 0 Å². The Kier molecular flexibility index (Phi) is 4.24. The van der Waals surface area contributed by atoms with Crippen LogP contribution in [0.4, 0.5) is 0 Å². The van der Waals surface area contributed by atoms with Crippen LogP contribution in [-0.2, 0) is 17.9 Å². The molecule has 0 saturated heterocycles. The Morgan fingerprint density at radius 3 is 2.62 bits per heavy atom. The van der Waals surface area contributed by atoms with Crippen molar-refractivity contribution in [1.82, 2.24) is 20.1 Å². The second-order valence-corrected chi connectivity index (χ2v) is 5.42. The molecule has 0 aliphatic heterocycles. The van der Waals surface area contributed by atoms with Gasteiger partial charge in [-0.05, 0) is 31.2 Å². The summed E-state index contributed by atoms with van der Waals surface area (Å²) in [4.78, 5) is 40.7. The van der Waals surface area contributed by atoms with Gasteiger partial charge < -0.3 is 5.32 Å². The number of benzene rings is 1. The second kappa shape index (κ2) is 6.49. The lowest BCUT2D eigenvalue weighted by atomic mass is 10.2. The molecule has 0 spiro atoms. The van der Waals surface area contributed by atoms with Gasteiger partial charge in [0.2, 0.25) is 5.91 Å².